The van der Waals surface area contributed by atoms with Gasteiger partial charge in [0, 0.05) is 43.3 Å². The van der Waals surface area contributed by atoms with Gasteiger partial charge in [-0.3, -0.25) is 14.7 Å². The van der Waals surface area contributed by atoms with Gasteiger partial charge in [0.25, 0.3) is 6.47 Å². The number of hydrogen-bond donors (Lipinski definition) is 1. The largest absolute Gasteiger partial charge is 0.483 e. The van der Waals surface area contributed by atoms with Gasteiger partial charge in [-0.25, -0.2) is 9.97 Å². The van der Waals surface area contributed by atoms with Gasteiger partial charge in [-0.15, -0.1) is 0 Å². The van der Waals surface area contributed by atoms with E-state index in [-0.39, 0.29) is 6.47 Å². The monoisotopic (exact) mass is 342 g/mol. The van der Waals surface area contributed by atoms with Crippen molar-refractivity contribution in [3.05, 3.63) is 53.9 Å². The summed E-state index contributed by atoms with van der Waals surface area (Å²) < 4.78 is 0. The molecule has 6 nitrogen and oxygen atoms in total. The van der Waals surface area contributed by atoms with E-state index in [0.717, 1.165) is 31.1 Å². The predicted molar refractivity (Wildman–Crippen MR) is 96.0 cm³/mol. The zero-order chi connectivity index (χ0) is 17.9. The van der Waals surface area contributed by atoms with E-state index < -0.39 is 0 Å². The topological polar surface area (TPSA) is 79.2 Å². The summed E-state index contributed by atoms with van der Waals surface area (Å²) in [5.41, 5.74) is 2.59. The van der Waals surface area contributed by atoms with Crippen molar-refractivity contribution in [1.29, 1.82) is 0 Å². The molecule has 2 aromatic rings. The molecular weight excluding hydrogens is 316 g/mol. The van der Waals surface area contributed by atoms with Crippen molar-refractivity contribution < 1.29 is 9.90 Å². The maximum atomic E-state index is 8.36. The third kappa shape index (κ3) is 6.58. The number of rotatable bonds is 5. The third-order valence-electron chi connectivity index (χ3n) is 4.44. The van der Waals surface area contributed by atoms with Crippen LogP contribution in [-0.4, -0.2) is 44.5 Å². The molecule has 0 saturated carbocycles. The Morgan fingerprint density at radius 1 is 1.20 bits per heavy atom. The molecule has 1 aliphatic heterocycles. The molecule has 1 aliphatic rings. The second kappa shape index (κ2) is 10.5. The van der Waals surface area contributed by atoms with Crippen LogP contribution < -0.4 is 0 Å². The molecule has 2 aromatic heterocycles. The van der Waals surface area contributed by atoms with E-state index >= 15 is 0 Å². The van der Waals surface area contributed by atoms with Crippen molar-refractivity contribution in [2.45, 2.75) is 39.2 Å². The second-order valence-electron chi connectivity index (χ2n) is 6.25. The highest BCUT2D eigenvalue weighted by Gasteiger charge is 2.19. The summed E-state index contributed by atoms with van der Waals surface area (Å²) in [5.74, 6) is 1.72. The standard InChI is InChI=1S/C18H24N4.CH2O2/c1-2-18-20-12-17(13-21-18)14-22-8-5-15(6-9-22)10-16-4-3-7-19-11-16;2-1-3/h3-4,7,11-13,15H,2,5-6,8-10,14H2,1H3;1H,(H,2,3). The number of pyridine rings is 1. The first kappa shape index (κ1) is 19.0. The van der Waals surface area contributed by atoms with Crippen LogP contribution in [0.15, 0.2) is 36.9 Å². The van der Waals surface area contributed by atoms with Gasteiger partial charge < -0.3 is 5.11 Å². The van der Waals surface area contributed by atoms with Crippen LogP contribution in [0.25, 0.3) is 0 Å². The zero-order valence-electron chi connectivity index (χ0n) is 14.7. The molecule has 3 heterocycles. The molecular formula is C19H26N4O2. The maximum absolute atomic E-state index is 8.36. The zero-order valence-corrected chi connectivity index (χ0v) is 14.7. The summed E-state index contributed by atoms with van der Waals surface area (Å²) in [5, 5.41) is 6.89. The molecule has 0 radical (unpaired) electrons. The number of aryl methyl sites for hydroxylation is 1. The third-order valence-corrected chi connectivity index (χ3v) is 4.44. The van der Waals surface area contributed by atoms with Crippen LogP contribution in [0.1, 0.15) is 36.7 Å². The van der Waals surface area contributed by atoms with Gasteiger partial charge in [-0.1, -0.05) is 13.0 Å². The molecule has 25 heavy (non-hydrogen) atoms. The van der Waals surface area contributed by atoms with Crippen molar-refractivity contribution in [1.82, 2.24) is 19.9 Å². The lowest BCUT2D eigenvalue weighted by atomic mass is 9.90. The maximum Gasteiger partial charge on any atom is 0.290 e. The average molecular weight is 342 g/mol. The Hall–Kier alpha value is -2.34. The first-order valence-corrected chi connectivity index (χ1v) is 8.74. The smallest absolute Gasteiger partial charge is 0.290 e. The number of hydrogen-bond acceptors (Lipinski definition) is 5. The average Bonchev–Trinajstić information content (AvgIpc) is 2.65. The first-order valence-electron chi connectivity index (χ1n) is 8.74. The van der Waals surface area contributed by atoms with Gasteiger partial charge >= 0.3 is 0 Å². The van der Waals surface area contributed by atoms with Crippen LogP contribution in [0.4, 0.5) is 0 Å². The fourth-order valence-electron chi connectivity index (χ4n) is 3.10. The Morgan fingerprint density at radius 3 is 2.44 bits per heavy atom. The minimum atomic E-state index is -0.250. The normalized spacial score (nSPS) is 15.2. The quantitative estimate of drug-likeness (QED) is 0.842. The molecule has 1 N–H and O–H groups in total. The summed E-state index contributed by atoms with van der Waals surface area (Å²) >= 11 is 0. The van der Waals surface area contributed by atoms with E-state index in [9.17, 15) is 0 Å². The Morgan fingerprint density at radius 2 is 1.88 bits per heavy atom. The molecule has 1 saturated heterocycles. The highest BCUT2D eigenvalue weighted by molar-refractivity contribution is 5.32. The Balaban J connectivity index is 0.000000701. The number of carboxylic acid groups (broad SMARTS) is 1. The van der Waals surface area contributed by atoms with Crippen LogP contribution in [0.5, 0.6) is 0 Å². The van der Waals surface area contributed by atoms with Crippen LogP contribution in [0, 0.1) is 5.92 Å². The Labute approximate surface area is 149 Å². The van der Waals surface area contributed by atoms with Gasteiger partial charge in [0.15, 0.2) is 0 Å². The van der Waals surface area contributed by atoms with Crippen LogP contribution in [0.3, 0.4) is 0 Å². The van der Waals surface area contributed by atoms with Crippen molar-refractivity contribution in [3.63, 3.8) is 0 Å². The minimum Gasteiger partial charge on any atom is -0.483 e. The molecule has 0 aliphatic carbocycles. The van der Waals surface area contributed by atoms with E-state index in [0.29, 0.717) is 0 Å². The second-order valence-corrected chi connectivity index (χ2v) is 6.25. The molecule has 0 spiro atoms. The molecule has 0 atom stereocenters. The van der Waals surface area contributed by atoms with Crippen molar-refractivity contribution in [2.24, 2.45) is 5.92 Å². The van der Waals surface area contributed by atoms with Crippen molar-refractivity contribution >= 4 is 6.47 Å². The highest BCUT2D eigenvalue weighted by Crippen LogP contribution is 2.22. The summed E-state index contributed by atoms with van der Waals surface area (Å²) in [6, 6.07) is 4.22. The van der Waals surface area contributed by atoms with Gasteiger partial charge in [0.1, 0.15) is 5.82 Å². The number of likely N-dealkylation sites (tertiary alicyclic amines) is 1. The summed E-state index contributed by atoms with van der Waals surface area (Å²) in [7, 11) is 0. The van der Waals surface area contributed by atoms with E-state index in [4.69, 9.17) is 9.90 Å². The fraction of sp³-hybridized carbons (Fsp3) is 0.474. The lowest BCUT2D eigenvalue weighted by Crippen LogP contribution is -2.34. The molecule has 0 aromatic carbocycles. The summed E-state index contributed by atoms with van der Waals surface area (Å²) in [6.07, 6.45) is 12.4. The molecule has 0 amide bonds. The number of nitrogens with zero attached hydrogens (tertiary/aromatic N) is 4. The predicted octanol–water partition coefficient (Wildman–Crippen LogP) is 2.59. The lowest BCUT2D eigenvalue weighted by Gasteiger charge is -2.31. The number of carbonyl (C=O) groups is 1. The van der Waals surface area contributed by atoms with Gasteiger partial charge in [-0.05, 0) is 49.9 Å². The molecule has 134 valence electrons. The number of piperidine rings is 1. The van der Waals surface area contributed by atoms with Gasteiger partial charge in [-0.2, -0.15) is 0 Å². The van der Waals surface area contributed by atoms with Crippen LogP contribution in [0.2, 0.25) is 0 Å². The van der Waals surface area contributed by atoms with Crippen molar-refractivity contribution in [3.8, 4) is 0 Å². The van der Waals surface area contributed by atoms with E-state index in [2.05, 4.69) is 32.8 Å². The Kier molecular flexibility index (Phi) is 7.98. The van der Waals surface area contributed by atoms with Gasteiger partial charge in [0.05, 0.1) is 0 Å². The van der Waals surface area contributed by atoms with Crippen LogP contribution in [-0.2, 0) is 24.2 Å². The molecule has 6 heteroatoms. The Bertz CT molecular complexity index is 611. The number of aromatic nitrogens is 3. The van der Waals surface area contributed by atoms with E-state index in [1.165, 1.54) is 37.1 Å². The SMILES string of the molecule is CCc1ncc(CN2CCC(Cc3cccnc3)CC2)cn1.O=CO. The fourth-order valence-corrected chi connectivity index (χ4v) is 3.10. The summed E-state index contributed by atoms with van der Waals surface area (Å²) in [4.78, 5) is 23.9. The van der Waals surface area contributed by atoms with Gasteiger partial charge in [0.2, 0.25) is 0 Å². The molecule has 1 fully saturated rings. The van der Waals surface area contributed by atoms with Crippen molar-refractivity contribution in [2.75, 3.05) is 13.1 Å². The summed E-state index contributed by atoms with van der Waals surface area (Å²) in [6.45, 7) is 5.15. The van der Waals surface area contributed by atoms with E-state index in [1.807, 2.05) is 30.9 Å². The minimum absolute atomic E-state index is 0.250. The van der Waals surface area contributed by atoms with Crippen LogP contribution >= 0.6 is 0 Å². The molecule has 0 bridgehead atoms. The molecule has 0 unspecified atom stereocenters. The van der Waals surface area contributed by atoms with E-state index in [1.54, 1.807) is 0 Å². The first-order chi connectivity index (χ1) is 12.2. The molecule has 3 rings (SSSR count). The lowest BCUT2D eigenvalue weighted by molar-refractivity contribution is -0.122. The highest BCUT2D eigenvalue weighted by atomic mass is 16.3.